The first-order valence-electron chi connectivity index (χ1n) is 6.10. The zero-order valence-electron chi connectivity index (χ0n) is 11.3. The minimum Gasteiger partial charge on any atom is -0.475 e. The number of para-hydroxylation sites is 2. The van der Waals surface area contributed by atoms with Crippen molar-refractivity contribution in [3.05, 3.63) is 61.6 Å². The quantitative estimate of drug-likeness (QED) is 0.252. The molecule has 0 aliphatic rings. The van der Waals surface area contributed by atoms with Gasteiger partial charge in [-0.05, 0) is 12.1 Å². The summed E-state index contributed by atoms with van der Waals surface area (Å²) in [6.45, 7) is -0.540. The Morgan fingerprint density at radius 2 is 1.70 bits per heavy atom. The Bertz CT molecular complexity index is 766. The van der Waals surface area contributed by atoms with E-state index in [9.17, 15) is 14.9 Å². The molecular weight excluding hydrogens is 369 g/mol. The highest BCUT2D eigenvalue weighted by atomic mass is 35.5. The van der Waals surface area contributed by atoms with Gasteiger partial charge in [-0.25, -0.2) is 4.79 Å². The second-order valence-corrected chi connectivity index (χ2v) is 5.41. The average molecular weight is 377 g/mol. The molecule has 0 aliphatic heterocycles. The fourth-order valence-electron chi connectivity index (χ4n) is 1.60. The topological polar surface area (TPSA) is 78.7 Å². The van der Waals surface area contributed by atoms with Crippen LogP contribution in [0.25, 0.3) is 0 Å². The van der Waals surface area contributed by atoms with Crippen LogP contribution in [0.4, 0.5) is 5.69 Å². The predicted molar refractivity (Wildman–Crippen MR) is 85.7 cm³/mol. The molecule has 9 heteroatoms. The first kappa shape index (κ1) is 17.3. The fraction of sp³-hybridized carbons (Fsp3) is 0.0714. The van der Waals surface area contributed by atoms with Gasteiger partial charge in [0.15, 0.2) is 18.1 Å². The van der Waals surface area contributed by atoms with E-state index in [4.69, 9.17) is 44.3 Å². The highest BCUT2D eigenvalue weighted by molar-refractivity contribution is 6.43. The summed E-state index contributed by atoms with van der Waals surface area (Å²) >= 11 is 17.5. The maximum Gasteiger partial charge on any atom is 0.349 e. The van der Waals surface area contributed by atoms with Gasteiger partial charge in [-0.3, -0.25) is 10.1 Å². The number of esters is 1. The van der Waals surface area contributed by atoms with Crippen molar-refractivity contribution in [1.82, 2.24) is 0 Å². The monoisotopic (exact) mass is 375 g/mol. The van der Waals surface area contributed by atoms with Gasteiger partial charge >= 0.3 is 11.7 Å². The summed E-state index contributed by atoms with van der Waals surface area (Å²) in [5.41, 5.74) is -0.257. The molecule has 0 atom stereocenters. The second kappa shape index (κ2) is 7.50. The molecule has 0 saturated carbocycles. The molecule has 0 aliphatic carbocycles. The minimum absolute atomic E-state index is 0.0113. The molecule has 23 heavy (non-hydrogen) atoms. The molecule has 0 saturated heterocycles. The Morgan fingerprint density at radius 3 is 2.39 bits per heavy atom. The summed E-state index contributed by atoms with van der Waals surface area (Å²) in [7, 11) is 0. The number of ether oxygens (including phenoxy) is 2. The Balaban J connectivity index is 2.04. The minimum atomic E-state index is -0.802. The van der Waals surface area contributed by atoms with Crippen LogP contribution in [0.2, 0.25) is 15.1 Å². The molecule has 0 amide bonds. The molecular formula is C14H8Cl3NO5. The molecule has 0 bridgehead atoms. The maximum atomic E-state index is 11.8. The number of nitrogens with zero attached hydrogens (tertiary/aromatic N) is 1. The number of benzene rings is 2. The first-order chi connectivity index (χ1) is 10.9. The number of nitro groups is 1. The average Bonchev–Trinajstić information content (AvgIpc) is 2.50. The highest BCUT2D eigenvalue weighted by Gasteiger charge is 2.17. The van der Waals surface area contributed by atoms with Gasteiger partial charge in [0.25, 0.3) is 0 Å². The molecule has 0 unspecified atom stereocenters. The van der Waals surface area contributed by atoms with E-state index in [0.29, 0.717) is 0 Å². The third kappa shape index (κ3) is 4.48. The number of carbonyl (C=O) groups excluding carboxylic acids is 1. The van der Waals surface area contributed by atoms with E-state index in [1.165, 1.54) is 30.3 Å². The molecule has 2 aromatic rings. The molecule has 2 rings (SSSR count). The summed E-state index contributed by atoms with van der Waals surface area (Å²) in [6.07, 6.45) is 0. The molecule has 6 nitrogen and oxygen atoms in total. The van der Waals surface area contributed by atoms with Crippen molar-refractivity contribution < 1.29 is 19.2 Å². The van der Waals surface area contributed by atoms with Gasteiger partial charge in [-0.2, -0.15) is 0 Å². The van der Waals surface area contributed by atoms with Gasteiger partial charge in [-0.15, -0.1) is 0 Å². The van der Waals surface area contributed by atoms with Crippen LogP contribution in [0.15, 0.2) is 36.4 Å². The van der Waals surface area contributed by atoms with E-state index in [0.717, 1.165) is 0 Å². The summed E-state index contributed by atoms with van der Waals surface area (Å²) in [6, 6.07) is 8.28. The number of nitro benzene ring substituents is 1. The van der Waals surface area contributed by atoms with Crippen molar-refractivity contribution in [3.63, 3.8) is 0 Å². The lowest BCUT2D eigenvalue weighted by atomic mass is 10.3. The Labute approximate surface area is 145 Å². The van der Waals surface area contributed by atoms with Crippen LogP contribution in [0.1, 0.15) is 0 Å². The fourth-order valence-corrected chi connectivity index (χ4v) is 2.18. The lowest BCUT2D eigenvalue weighted by Crippen LogP contribution is -2.18. The number of rotatable bonds is 5. The molecule has 0 spiro atoms. The molecule has 2 aromatic carbocycles. The van der Waals surface area contributed by atoms with Crippen LogP contribution in [0.3, 0.4) is 0 Å². The van der Waals surface area contributed by atoms with Crippen LogP contribution < -0.4 is 9.47 Å². The molecule has 0 aromatic heterocycles. The van der Waals surface area contributed by atoms with Gasteiger partial charge in [0.2, 0.25) is 0 Å². The standard InChI is InChI=1S/C14H8Cl3NO5/c15-8-5-10(17)13(6-9(8)16)23-14(19)7-22-12-4-2-1-3-11(12)18(20)21/h1-6H,7H2. The highest BCUT2D eigenvalue weighted by Crippen LogP contribution is 2.34. The second-order valence-electron chi connectivity index (χ2n) is 4.18. The number of halogens is 3. The van der Waals surface area contributed by atoms with Crippen LogP contribution in [0, 0.1) is 10.1 Å². The normalized spacial score (nSPS) is 10.2. The van der Waals surface area contributed by atoms with E-state index < -0.39 is 17.5 Å². The Morgan fingerprint density at radius 1 is 1.04 bits per heavy atom. The Hall–Kier alpha value is -2.02. The van der Waals surface area contributed by atoms with Gasteiger partial charge < -0.3 is 9.47 Å². The van der Waals surface area contributed by atoms with E-state index in [2.05, 4.69) is 0 Å². The largest absolute Gasteiger partial charge is 0.475 e. The molecule has 120 valence electrons. The van der Waals surface area contributed by atoms with Crippen molar-refractivity contribution >= 4 is 46.5 Å². The van der Waals surface area contributed by atoms with Crippen molar-refractivity contribution in [2.24, 2.45) is 0 Å². The van der Waals surface area contributed by atoms with E-state index >= 15 is 0 Å². The molecule has 0 heterocycles. The van der Waals surface area contributed by atoms with Crippen molar-refractivity contribution in [1.29, 1.82) is 0 Å². The van der Waals surface area contributed by atoms with Crippen molar-refractivity contribution in [2.45, 2.75) is 0 Å². The van der Waals surface area contributed by atoms with Crippen molar-refractivity contribution in [2.75, 3.05) is 6.61 Å². The molecule has 0 radical (unpaired) electrons. The summed E-state index contributed by atoms with van der Waals surface area (Å²) in [4.78, 5) is 22.0. The third-order valence-electron chi connectivity index (χ3n) is 2.61. The maximum absolute atomic E-state index is 11.8. The number of carbonyl (C=O) groups is 1. The predicted octanol–water partition coefficient (Wildman–Crippen LogP) is 4.54. The summed E-state index contributed by atoms with van der Waals surface area (Å²) < 4.78 is 10.1. The third-order valence-corrected chi connectivity index (χ3v) is 3.62. The first-order valence-corrected chi connectivity index (χ1v) is 7.23. The van der Waals surface area contributed by atoms with Crippen LogP contribution in [0.5, 0.6) is 11.5 Å². The van der Waals surface area contributed by atoms with Gasteiger partial charge in [-0.1, -0.05) is 46.9 Å². The van der Waals surface area contributed by atoms with Crippen molar-refractivity contribution in [3.8, 4) is 11.5 Å². The lowest BCUT2D eigenvalue weighted by Gasteiger charge is -2.09. The van der Waals surface area contributed by atoms with E-state index in [1.54, 1.807) is 6.07 Å². The number of hydrogen-bond acceptors (Lipinski definition) is 5. The smallest absolute Gasteiger partial charge is 0.349 e. The number of hydrogen-bond donors (Lipinski definition) is 0. The lowest BCUT2D eigenvalue weighted by molar-refractivity contribution is -0.385. The van der Waals surface area contributed by atoms with Crippen LogP contribution in [-0.2, 0) is 4.79 Å². The van der Waals surface area contributed by atoms with Gasteiger partial charge in [0, 0.05) is 12.1 Å². The van der Waals surface area contributed by atoms with Gasteiger partial charge in [0.1, 0.15) is 0 Å². The zero-order chi connectivity index (χ0) is 17.0. The molecule has 0 N–H and O–H groups in total. The van der Waals surface area contributed by atoms with E-state index in [-0.39, 0.29) is 32.3 Å². The zero-order valence-corrected chi connectivity index (χ0v) is 13.6. The van der Waals surface area contributed by atoms with Crippen LogP contribution in [-0.4, -0.2) is 17.5 Å². The SMILES string of the molecule is O=C(COc1ccccc1[N+](=O)[O-])Oc1cc(Cl)c(Cl)cc1Cl. The summed E-state index contributed by atoms with van der Waals surface area (Å²) in [5, 5.41) is 11.3. The Kier molecular flexibility index (Phi) is 5.65. The van der Waals surface area contributed by atoms with Crippen LogP contribution >= 0.6 is 34.8 Å². The molecule has 0 fully saturated rings. The summed E-state index contributed by atoms with van der Waals surface area (Å²) in [5.74, 6) is -0.838. The van der Waals surface area contributed by atoms with E-state index in [1.807, 2.05) is 0 Å². The van der Waals surface area contributed by atoms with Gasteiger partial charge in [0.05, 0.1) is 20.0 Å².